The molecule has 0 amide bonds. The Morgan fingerprint density at radius 2 is 1.10 bits per heavy atom. The zero-order valence-corrected chi connectivity index (χ0v) is 25.3. The standard InChI is InChI=1S/C11H22OS6.C9H18OS2/c1-10(12)11(17-8-6-15-4-2-13)18-9-7-16-5-3-14;1-8(9(2)10)4-3-6-12-7-5-11/h11,13-14H,2-9H2,1H3;8,11H,3-7H2,1-2H3. The molecule has 0 aliphatic heterocycles. The fourth-order valence-electron chi connectivity index (χ4n) is 1.91. The van der Waals surface area contributed by atoms with Gasteiger partial charge in [-0.2, -0.15) is 73.2 Å². The third kappa shape index (κ3) is 26.4. The molecule has 0 fully saturated rings. The van der Waals surface area contributed by atoms with Gasteiger partial charge in [-0.15, -0.1) is 23.5 Å². The Labute approximate surface area is 223 Å². The maximum absolute atomic E-state index is 11.5. The molecular weight excluding hydrogens is 529 g/mol. The summed E-state index contributed by atoms with van der Waals surface area (Å²) in [5.74, 6) is 12.5. The van der Waals surface area contributed by atoms with E-state index in [1.54, 1.807) is 37.4 Å². The highest BCUT2D eigenvalue weighted by molar-refractivity contribution is 8.18. The fraction of sp³-hybridized carbons (Fsp3) is 0.900. The smallest absolute Gasteiger partial charge is 0.152 e. The van der Waals surface area contributed by atoms with Crippen molar-refractivity contribution in [2.24, 2.45) is 5.92 Å². The highest BCUT2D eigenvalue weighted by Gasteiger charge is 2.14. The average molecular weight is 569 g/mol. The molecule has 2 nitrogen and oxygen atoms in total. The van der Waals surface area contributed by atoms with Gasteiger partial charge in [-0.1, -0.05) is 6.92 Å². The quantitative estimate of drug-likeness (QED) is 0.0897. The van der Waals surface area contributed by atoms with Gasteiger partial charge in [0.15, 0.2) is 5.78 Å². The Hall–Kier alpha value is 2.14. The molecule has 0 heterocycles. The maximum atomic E-state index is 11.5. The van der Waals surface area contributed by atoms with Crippen LogP contribution in [0.4, 0.5) is 0 Å². The second-order valence-electron chi connectivity index (χ2n) is 6.35. The first-order valence-corrected chi connectivity index (χ1v) is 17.7. The zero-order chi connectivity index (χ0) is 23.0. The van der Waals surface area contributed by atoms with Crippen LogP contribution in [0.2, 0.25) is 0 Å². The molecule has 1 unspecified atom stereocenters. The first-order chi connectivity index (χ1) is 14.4. The van der Waals surface area contributed by atoms with Gasteiger partial charge < -0.3 is 0 Å². The summed E-state index contributed by atoms with van der Waals surface area (Å²) in [5.41, 5.74) is 0. The lowest BCUT2D eigenvalue weighted by molar-refractivity contribution is -0.120. The minimum atomic E-state index is 0.123. The van der Waals surface area contributed by atoms with E-state index >= 15 is 0 Å². The first-order valence-electron chi connectivity index (χ1n) is 10.2. The lowest BCUT2D eigenvalue weighted by Crippen LogP contribution is -2.12. The maximum Gasteiger partial charge on any atom is 0.152 e. The number of hydrogen-bond donors (Lipinski definition) is 3. The predicted octanol–water partition coefficient (Wildman–Crippen LogP) is 6.35. The van der Waals surface area contributed by atoms with Crippen LogP contribution in [0.25, 0.3) is 0 Å². The molecule has 0 saturated carbocycles. The molecule has 180 valence electrons. The minimum Gasteiger partial charge on any atom is -0.300 e. The van der Waals surface area contributed by atoms with Crippen LogP contribution in [-0.4, -0.2) is 79.4 Å². The zero-order valence-electron chi connectivity index (χ0n) is 18.5. The van der Waals surface area contributed by atoms with Crippen LogP contribution in [0.1, 0.15) is 33.6 Å². The van der Waals surface area contributed by atoms with Crippen molar-refractivity contribution < 1.29 is 9.59 Å². The van der Waals surface area contributed by atoms with Gasteiger partial charge in [0.05, 0.1) is 0 Å². The Morgan fingerprint density at radius 1 is 0.667 bits per heavy atom. The molecule has 0 aromatic rings. The number of Topliss-reactive ketones (excluding diaryl/α,β-unsaturated/α-hetero) is 2. The summed E-state index contributed by atoms with van der Waals surface area (Å²) < 4.78 is 0.123. The lowest BCUT2D eigenvalue weighted by atomic mass is 10.0. The number of rotatable bonds is 20. The molecule has 0 aliphatic carbocycles. The molecule has 30 heavy (non-hydrogen) atoms. The van der Waals surface area contributed by atoms with Crippen LogP contribution < -0.4 is 0 Å². The average Bonchev–Trinajstić information content (AvgIpc) is 2.71. The second-order valence-corrected chi connectivity index (χ2v) is 14.1. The van der Waals surface area contributed by atoms with Crippen LogP contribution >= 0.6 is 96.7 Å². The van der Waals surface area contributed by atoms with Crippen molar-refractivity contribution in [3.05, 3.63) is 0 Å². The lowest BCUT2D eigenvalue weighted by Gasteiger charge is -2.12. The van der Waals surface area contributed by atoms with Gasteiger partial charge in [0.1, 0.15) is 10.4 Å². The molecular formula is C20H40O2S8. The molecule has 0 spiro atoms. The summed E-state index contributed by atoms with van der Waals surface area (Å²) in [7, 11) is 0. The number of thiol groups is 3. The van der Waals surface area contributed by atoms with Gasteiger partial charge in [-0.3, -0.25) is 9.59 Å². The third-order valence-corrected chi connectivity index (χ3v) is 11.8. The van der Waals surface area contributed by atoms with E-state index in [4.69, 9.17) is 0 Å². The molecule has 0 aliphatic rings. The molecule has 0 aromatic heterocycles. The first kappa shape index (κ1) is 34.3. The minimum absolute atomic E-state index is 0.123. The highest BCUT2D eigenvalue weighted by atomic mass is 32.2. The Morgan fingerprint density at radius 3 is 1.47 bits per heavy atom. The van der Waals surface area contributed by atoms with Crippen LogP contribution in [0, 0.1) is 5.92 Å². The van der Waals surface area contributed by atoms with Crippen molar-refractivity contribution >= 4 is 108 Å². The van der Waals surface area contributed by atoms with Crippen LogP contribution in [0.3, 0.4) is 0 Å². The number of carbonyl (C=O) groups excluding carboxylic acids is 2. The number of thioether (sulfide) groups is 5. The summed E-state index contributed by atoms with van der Waals surface area (Å²) >= 11 is 21.8. The highest BCUT2D eigenvalue weighted by Crippen LogP contribution is 2.26. The normalized spacial score (nSPS) is 11.8. The summed E-state index contributed by atoms with van der Waals surface area (Å²) in [6.45, 7) is 5.38. The number of hydrogen-bond acceptors (Lipinski definition) is 10. The topological polar surface area (TPSA) is 34.1 Å². The van der Waals surface area contributed by atoms with Gasteiger partial charge in [-0.05, 0) is 49.7 Å². The van der Waals surface area contributed by atoms with Crippen molar-refractivity contribution in [1.29, 1.82) is 0 Å². The van der Waals surface area contributed by atoms with Crippen LogP contribution in [-0.2, 0) is 9.59 Å². The summed E-state index contributed by atoms with van der Waals surface area (Å²) in [6, 6.07) is 0. The van der Waals surface area contributed by atoms with Crippen molar-refractivity contribution in [2.45, 2.75) is 38.2 Å². The van der Waals surface area contributed by atoms with Crippen molar-refractivity contribution in [2.75, 3.05) is 63.3 Å². The van der Waals surface area contributed by atoms with E-state index in [2.05, 4.69) is 37.9 Å². The van der Waals surface area contributed by atoms with Gasteiger partial charge in [0, 0.05) is 46.2 Å². The van der Waals surface area contributed by atoms with Crippen LogP contribution in [0.15, 0.2) is 0 Å². The van der Waals surface area contributed by atoms with Gasteiger partial charge >= 0.3 is 0 Å². The van der Waals surface area contributed by atoms with E-state index in [1.165, 1.54) is 0 Å². The van der Waals surface area contributed by atoms with Gasteiger partial charge in [0.2, 0.25) is 0 Å². The predicted molar refractivity (Wildman–Crippen MR) is 162 cm³/mol. The largest absolute Gasteiger partial charge is 0.300 e. The Balaban J connectivity index is 0. The Bertz CT molecular complexity index is 385. The van der Waals surface area contributed by atoms with E-state index in [0.717, 1.165) is 76.1 Å². The van der Waals surface area contributed by atoms with E-state index in [9.17, 15) is 9.59 Å². The molecule has 0 rings (SSSR count). The fourth-order valence-corrected chi connectivity index (χ4v) is 8.01. The summed E-state index contributed by atoms with van der Waals surface area (Å²) in [4.78, 5) is 22.3. The molecule has 0 N–H and O–H groups in total. The van der Waals surface area contributed by atoms with Crippen LogP contribution in [0.5, 0.6) is 0 Å². The van der Waals surface area contributed by atoms with Gasteiger partial charge in [-0.25, -0.2) is 0 Å². The van der Waals surface area contributed by atoms with Crippen molar-refractivity contribution in [1.82, 2.24) is 0 Å². The molecule has 0 radical (unpaired) electrons. The van der Waals surface area contributed by atoms with Crippen molar-refractivity contribution in [3.63, 3.8) is 0 Å². The molecule has 0 bridgehead atoms. The van der Waals surface area contributed by atoms with E-state index in [-0.39, 0.29) is 10.5 Å². The second kappa shape index (κ2) is 27.4. The summed E-state index contributed by atoms with van der Waals surface area (Å²) in [5, 5.41) is 0. The van der Waals surface area contributed by atoms with E-state index < -0.39 is 0 Å². The number of carbonyl (C=O) groups is 2. The molecule has 10 heteroatoms. The summed E-state index contributed by atoms with van der Waals surface area (Å²) in [6.07, 6.45) is 2.19. The molecule has 1 atom stereocenters. The SMILES string of the molecule is CC(=O)C(C)CCCSCCS.CC(=O)C(SCCSCCS)SCCSCCS. The number of ketones is 2. The van der Waals surface area contributed by atoms with E-state index in [1.807, 2.05) is 42.2 Å². The third-order valence-electron chi connectivity index (χ3n) is 3.65. The van der Waals surface area contributed by atoms with Gasteiger partial charge in [0.25, 0.3) is 0 Å². The van der Waals surface area contributed by atoms with E-state index in [0.29, 0.717) is 11.6 Å². The molecule has 0 aromatic carbocycles. The Kier molecular flexibility index (Phi) is 31.3. The monoisotopic (exact) mass is 568 g/mol. The molecule has 0 saturated heterocycles. The van der Waals surface area contributed by atoms with Crippen molar-refractivity contribution in [3.8, 4) is 0 Å².